The van der Waals surface area contributed by atoms with Crippen LogP contribution in [0.5, 0.6) is 0 Å². The number of rotatable bonds is 6. The van der Waals surface area contributed by atoms with Gasteiger partial charge in [0.15, 0.2) is 0 Å². The number of anilines is 1. The van der Waals surface area contributed by atoms with Crippen molar-refractivity contribution in [2.45, 2.75) is 25.8 Å². The summed E-state index contributed by atoms with van der Waals surface area (Å²) in [5.41, 5.74) is 6.07. The zero-order valence-corrected chi connectivity index (χ0v) is 10.8. The van der Waals surface area contributed by atoms with E-state index in [-0.39, 0.29) is 24.2 Å². The molecule has 0 bridgehead atoms. The van der Waals surface area contributed by atoms with Gasteiger partial charge in [0.25, 0.3) is 0 Å². The van der Waals surface area contributed by atoms with Gasteiger partial charge in [0.05, 0.1) is 12.6 Å². The fraction of sp³-hybridized carbons (Fsp3) is 0.385. The van der Waals surface area contributed by atoms with Gasteiger partial charge in [0, 0.05) is 5.69 Å². The van der Waals surface area contributed by atoms with Crippen LogP contribution in [0.3, 0.4) is 0 Å². The average molecular weight is 267 g/mol. The number of nitrogens with one attached hydrogen (secondary N) is 2. The molecule has 6 heteroatoms. The van der Waals surface area contributed by atoms with Crippen molar-refractivity contribution < 1.29 is 14.0 Å². The van der Waals surface area contributed by atoms with Crippen LogP contribution in [0, 0.1) is 5.82 Å². The molecule has 19 heavy (non-hydrogen) atoms. The van der Waals surface area contributed by atoms with Crippen LogP contribution in [0.2, 0.25) is 0 Å². The highest BCUT2D eigenvalue weighted by atomic mass is 19.1. The van der Waals surface area contributed by atoms with Crippen LogP contribution in [-0.2, 0) is 9.59 Å². The molecule has 104 valence electrons. The lowest BCUT2D eigenvalue weighted by atomic mass is 10.2. The van der Waals surface area contributed by atoms with E-state index in [1.54, 1.807) is 0 Å². The first-order valence-electron chi connectivity index (χ1n) is 6.11. The minimum Gasteiger partial charge on any atom is -0.346 e. The number of halogens is 1. The second kappa shape index (κ2) is 7.48. The van der Waals surface area contributed by atoms with Crippen LogP contribution in [-0.4, -0.2) is 24.4 Å². The van der Waals surface area contributed by atoms with E-state index in [4.69, 9.17) is 5.73 Å². The lowest BCUT2D eigenvalue weighted by molar-refractivity contribution is -0.125. The summed E-state index contributed by atoms with van der Waals surface area (Å²) in [6, 6.07) is 4.77. The molecule has 0 spiro atoms. The molecule has 0 aromatic heterocycles. The zero-order chi connectivity index (χ0) is 14.3. The largest absolute Gasteiger partial charge is 0.346 e. The average Bonchev–Trinajstić information content (AvgIpc) is 2.39. The Morgan fingerprint density at radius 3 is 2.53 bits per heavy atom. The third kappa shape index (κ3) is 5.48. The first kappa shape index (κ1) is 15.1. The van der Waals surface area contributed by atoms with Gasteiger partial charge >= 0.3 is 0 Å². The van der Waals surface area contributed by atoms with E-state index < -0.39 is 6.04 Å². The van der Waals surface area contributed by atoms with Gasteiger partial charge in [-0.1, -0.05) is 13.3 Å². The molecule has 0 fully saturated rings. The van der Waals surface area contributed by atoms with Gasteiger partial charge in [0.1, 0.15) is 5.82 Å². The lowest BCUT2D eigenvalue weighted by Crippen LogP contribution is -2.43. The van der Waals surface area contributed by atoms with Crippen molar-refractivity contribution in [2.75, 3.05) is 11.9 Å². The summed E-state index contributed by atoms with van der Waals surface area (Å²) in [6.45, 7) is 1.77. The Bertz CT molecular complexity index is 434. The maximum Gasteiger partial charge on any atom is 0.243 e. The van der Waals surface area contributed by atoms with Crippen LogP contribution in [0.15, 0.2) is 24.3 Å². The van der Waals surface area contributed by atoms with Crippen LogP contribution in [0.25, 0.3) is 0 Å². The Hall–Kier alpha value is -1.95. The SMILES string of the molecule is CCCC(N)C(=O)NCC(=O)Nc1ccc(F)cc1. The monoisotopic (exact) mass is 267 g/mol. The van der Waals surface area contributed by atoms with Crippen LogP contribution < -0.4 is 16.4 Å². The topological polar surface area (TPSA) is 84.2 Å². The molecule has 0 aliphatic carbocycles. The smallest absolute Gasteiger partial charge is 0.243 e. The summed E-state index contributed by atoms with van der Waals surface area (Å²) < 4.78 is 12.7. The molecular weight excluding hydrogens is 249 g/mol. The van der Waals surface area contributed by atoms with Crippen LogP contribution in [0.1, 0.15) is 19.8 Å². The summed E-state index contributed by atoms with van der Waals surface area (Å²) in [5, 5.41) is 4.98. The molecule has 0 saturated carbocycles. The summed E-state index contributed by atoms with van der Waals surface area (Å²) in [5.74, 6) is -1.11. The highest BCUT2D eigenvalue weighted by molar-refractivity contribution is 5.95. The van der Waals surface area contributed by atoms with Crippen LogP contribution in [0.4, 0.5) is 10.1 Å². The fourth-order valence-electron chi connectivity index (χ4n) is 1.48. The number of hydrogen-bond acceptors (Lipinski definition) is 3. The van der Waals surface area contributed by atoms with Gasteiger partial charge in [-0.2, -0.15) is 0 Å². The number of hydrogen-bond donors (Lipinski definition) is 3. The Morgan fingerprint density at radius 1 is 1.32 bits per heavy atom. The molecule has 1 aromatic rings. The lowest BCUT2D eigenvalue weighted by Gasteiger charge is -2.11. The Balaban J connectivity index is 2.35. The van der Waals surface area contributed by atoms with Gasteiger partial charge in [-0.05, 0) is 30.7 Å². The van der Waals surface area contributed by atoms with E-state index in [1.165, 1.54) is 24.3 Å². The molecule has 2 amide bonds. The predicted molar refractivity (Wildman–Crippen MR) is 70.9 cm³/mol. The van der Waals surface area contributed by atoms with E-state index in [1.807, 2.05) is 6.92 Å². The highest BCUT2D eigenvalue weighted by Gasteiger charge is 2.13. The highest BCUT2D eigenvalue weighted by Crippen LogP contribution is 2.07. The number of nitrogens with two attached hydrogens (primary N) is 1. The fourth-order valence-corrected chi connectivity index (χ4v) is 1.48. The molecule has 1 rings (SSSR count). The van der Waals surface area contributed by atoms with E-state index in [0.717, 1.165) is 6.42 Å². The van der Waals surface area contributed by atoms with Gasteiger partial charge in [0.2, 0.25) is 11.8 Å². The summed E-state index contributed by atoms with van der Waals surface area (Å²) in [4.78, 5) is 23.0. The van der Waals surface area contributed by atoms with Crippen molar-refractivity contribution in [1.82, 2.24) is 5.32 Å². The van der Waals surface area contributed by atoms with Gasteiger partial charge in [-0.15, -0.1) is 0 Å². The van der Waals surface area contributed by atoms with Crippen molar-refractivity contribution in [3.05, 3.63) is 30.1 Å². The van der Waals surface area contributed by atoms with Crippen LogP contribution >= 0.6 is 0 Å². The Morgan fingerprint density at radius 2 is 1.95 bits per heavy atom. The summed E-state index contributed by atoms with van der Waals surface area (Å²) in [6.07, 6.45) is 1.38. The minimum atomic E-state index is -0.594. The molecule has 1 atom stereocenters. The first-order valence-corrected chi connectivity index (χ1v) is 6.11. The van der Waals surface area contributed by atoms with E-state index >= 15 is 0 Å². The van der Waals surface area contributed by atoms with Crippen molar-refractivity contribution in [3.63, 3.8) is 0 Å². The maximum atomic E-state index is 12.7. The summed E-state index contributed by atoms with van der Waals surface area (Å²) >= 11 is 0. The van der Waals surface area contributed by atoms with E-state index in [2.05, 4.69) is 10.6 Å². The molecule has 0 radical (unpaired) electrons. The Labute approximate surface area is 111 Å². The predicted octanol–water partition coefficient (Wildman–Crippen LogP) is 1.01. The first-order chi connectivity index (χ1) is 9.02. The Kier molecular flexibility index (Phi) is 5.95. The number of benzene rings is 1. The number of carbonyl (C=O) groups excluding carboxylic acids is 2. The van der Waals surface area contributed by atoms with Crippen molar-refractivity contribution in [3.8, 4) is 0 Å². The molecule has 5 nitrogen and oxygen atoms in total. The van der Waals surface area contributed by atoms with Gasteiger partial charge in [-0.3, -0.25) is 9.59 Å². The summed E-state index contributed by atoms with van der Waals surface area (Å²) in [7, 11) is 0. The molecular formula is C13H18FN3O2. The molecule has 0 aliphatic heterocycles. The maximum absolute atomic E-state index is 12.7. The molecule has 0 aliphatic rings. The van der Waals surface area contributed by atoms with Crippen molar-refractivity contribution in [1.29, 1.82) is 0 Å². The minimum absolute atomic E-state index is 0.159. The number of carbonyl (C=O) groups is 2. The second-order valence-corrected chi connectivity index (χ2v) is 4.17. The van der Waals surface area contributed by atoms with E-state index in [0.29, 0.717) is 12.1 Å². The van der Waals surface area contributed by atoms with Gasteiger partial charge in [-0.25, -0.2) is 4.39 Å². The van der Waals surface area contributed by atoms with Crippen molar-refractivity contribution in [2.24, 2.45) is 5.73 Å². The molecule has 1 aromatic carbocycles. The third-order valence-electron chi connectivity index (χ3n) is 2.49. The normalized spacial score (nSPS) is 11.7. The number of amides is 2. The zero-order valence-electron chi connectivity index (χ0n) is 10.8. The molecule has 0 heterocycles. The van der Waals surface area contributed by atoms with Gasteiger partial charge < -0.3 is 16.4 Å². The van der Waals surface area contributed by atoms with E-state index in [9.17, 15) is 14.0 Å². The standard InChI is InChI=1S/C13H18FN3O2/c1-2-3-11(15)13(19)16-8-12(18)17-10-6-4-9(14)5-7-10/h4-7,11H,2-3,8,15H2,1H3,(H,16,19)(H,17,18). The molecule has 4 N–H and O–H groups in total. The van der Waals surface area contributed by atoms with Crippen molar-refractivity contribution >= 4 is 17.5 Å². The second-order valence-electron chi connectivity index (χ2n) is 4.17. The molecule has 1 unspecified atom stereocenters. The molecule has 0 saturated heterocycles. The quantitative estimate of drug-likeness (QED) is 0.719. The third-order valence-corrected chi connectivity index (χ3v) is 2.49.